The first-order valence-corrected chi connectivity index (χ1v) is 9.21. The molecule has 3 aromatic rings. The van der Waals surface area contributed by atoms with Crippen LogP contribution in [0.1, 0.15) is 23.2 Å². The lowest BCUT2D eigenvalue weighted by atomic mass is 10.1. The van der Waals surface area contributed by atoms with Crippen molar-refractivity contribution in [3.63, 3.8) is 0 Å². The zero-order valence-electron chi connectivity index (χ0n) is 15.4. The highest BCUT2D eigenvalue weighted by molar-refractivity contribution is 6.12. The van der Waals surface area contributed by atoms with Crippen molar-refractivity contribution < 1.29 is 9.53 Å². The minimum Gasteiger partial charge on any atom is -0.495 e. The van der Waals surface area contributed by atoms with Gasteiger partial charge in [-0.05, 0) is 25.0 Å². The molecule has 3 heterocycles. The molecule has 1 aliphatic heterocycles. The molecule has 0 unspecified atom stereocenters. The molecule has 7 nitrogen and oxygen atoms in total. The van der Waals surface area contributed by atoms with Crippen molar-refractivity contribution in [3.8, 4) is 5.75 Å². The molecule has 0 radical (unpaired) electrons. The zero-order chi connectivity index (χ0) is 18.5. The molecule has 0 saturated heterocycles. The van der Waals surface area contributed by atoms with Crippen LogP contribution >= 0.6 is 0 Å². The number of methoxy groups -OCH3 is 1. The molecule has 138 valence electrons. The van der Waals surface area contributed by atoms with Crippen LogP contribution in [0.5, 0.6) is 5.75 Å². The maximum Gasteiger partial charge on any atom is 0.263 e. The van der Waals surface area contributed by atoms with Crippen LogP contribution in [-0.2, 0) is 7.05 Å². The van der Waals surface area contributed by atoms with Gasteiger partial charge < -0.3 is 14.5 Å². The van der Waals surface area contributed by atoms with Crippen molar-refractivity contribution in [2.45, 2.75) is 18.9 Å². The molecule has 0 N–H and O–H groups in total. The Labute approximate surface area is 157 Å². The highest BCUT2D eigenvalue weighted by Crippen LogP contribution is 2.41. The van der Waals surface area contributed by atoms with Gasteiger partial charge in [0.15, 0.2) is 5.65 Å². The van der Waals surface area contributed by atoms with E-state index in [2.05, 4.69) is 21.0 Å². The van der Waals surface area contributed by atoms with E-state index < -0.39 is 0 Å². The number of carbonyl (C=O) groups excluding carboxylic acids is 1. The average Bonchev–Trinajstić information content (AvgIpc) is 3.48. The lowest BCUT2D eigenvalue weighted by Crippen LogP contribution is -2.45. The van der Waals surface area contributed by atoms with Crippen LogP contribution in [0.4, 0.5) is 11.4 Å². The van der Waals surface area contributed by atoms with Gasteiger partial charge >= 0.3 is 0 Å². The highest BCUT2D eigenvalue weighted by Gasteiger charge is 2.36. The van der Waals surface area contributed by atoms with E-state index in [1.165, 1.54) is 12.8 Å². The van der Waals surface area contributed by atoms with E-state index >= 15 is 0 Å². The summed E-state index contributed by atoms with van der Waals surface area (Å²) in [7, 11) is 3.40. The first kappa shape index (κ1) is 16.1. The number of ether oxygens (including phenoxy) is 1. The molecule has 1 amide bonds. The maximum absolute atomic E-state index is 13.4. The number of carbonyl (C=O) groups is 1. The molecule has 0 atom stereocenters. The molecule has 1 aliphatic carbocycles. The summed E-state index contributed by atoms with van der Waals surface area (Å²) in [6.45, 7) is 1.50. The largest absolute Gasteiger partial charge is 0.495 e. The number of anilines is 2. The van der Waals surface area contributed by atoms with Gasteiger partial charge in [0.25, 0.3) is 5.91 Å². The van der Waals surface area contributed by atoms with E-state index in [1.54, 1.807) is 24.2 Å². The van der Waals surface area contributed by atoms with Gasteiger partial charge in [-0.15, -0.1) is 0 Å². The van der Waals surface area contributed by atoms with Crippen LogP contribution < -0.4 is 14.5 Å². The number of aryl methyl sites for hydroxylation is 1. The van der Waals surface area contributed by atoms with E-state index in [1.807, 2.05) is 30.1 Å². The van der Waals surface area contributed by atoms with Crippen molar-refractivity contribution in [2.24, 2.45) is 7.05 Å². The first-order chi connectivity index (χ1) is 13.2. The Bertz CT molecular complexity index is 1040. The maximum atomic E-state index is 13.4. The van der Waals surface area contributed by atoms with Crippen molar-refractivity contribution >= 4 is 28.3 Å². The van der Waals surface area contributed by atoms with E-state index in [0.29, 0.717) is 29.5 Å². The fraction of sp³-hybridized carbons (Fsp3) is 0.350. The standard InChI is InChI=1S/C20H21N5O2/c1-23-19-14(12-22-23)18(27-2)15(11-21-19)20(26)25-10-9-24(13-7-8-13)16-5-3-4-6-17(16)25/h3-6,11-13H,7-10H2,1-2H3. The Morgan fingerprint density at radius 3 is 2.67 bits per heavy atom. The molecule has 27 heavy (non-hydrogen) atoms. The van der Waals surface area contributed by atoms with Crippen LogP contribution in [-0.4, -0.2) is 46.9 Å². The summed E-state index contributed by atoms with van der Waals surface area (Å²) in [5, 5.41) is 4.98. The number of para-hydroxylation sites is 2. The average molecular weight is 363 g/mol. The number of nitrogens with zero attached hydrogens (tertiary/aromatic N) is 5. The van der Waals surface area contributed by atoms with Crippen LogP contribution in [0.15, 0.2) is 36.7 Å². The Morgan fingerprint density at radius 2 is 1.93 bits per heavy atom. The van der Waals surface area contributed by atoms with Crippen molar-refractivity contribution in [3.05, 3.63) is 42.2 Å². The van der Waals surface area contributed by atoms with E-state index in [-0.39, 0.29) is 5.91 Å². The smallest absolute Gasteiger partial charge is 0.263 e. The second-order valence-corrected chi connectivity index (χ2v) is 7.08. The lowest BCUT2D eigenvalue weighted by Gasteiger charge is -2.38. The first-order valence-electron chi connectivity index (χ1n) is 9.21. The van der Waals surface area contributed by atoms with Crippen molar-refractivity contribution in [2.75, 3.05) is 30.0 Å². The Balaban J connectivity index is 1.58. The summed E-state index contributed by atoms with van der Waals surface area (Å²) in [6.07, 6.45) is 5.76. The molecular weight excluding hydrogens is 342 g/mol. The Morgan fingerprint density at radius 1 is 1.15 bits per heavy atom. The van der Waals surface area contributed by atoms with Gasteiger partial charge in [0.1, 0.15) is 11.3 Å². The molecule has 0 bridgehead atoms. The quantitative estimate of drug-likeness (QED) is 0.716. The second-order valence-electron chi connectivity index (χ2n) is 7.08. The van der Waals surface area contributed by atoms with Gasteiger partial charge in [0, 0.05) is 32.4 Å². The minimum atomic E-state index is -0.0898. The van der Waals surface area contributed by atoms with Gasteiger partial charge in [0.05, 0.1) is 30.1 Å². The monoisotopic (exact) mass is 363 g/mol. The SMILES string of the molecule is COc1c(C(=O)N2CCN(C3CC3)c3ccccc32)cnc2c1cnn2C. The molecule has 7 heteroatoms. The van der Waals surface area contributed by atoms with Gasteiger partial charge in [-0.1, -0.05) is 12.1 Å². The number of aromatic nitrogens is 3. The number of hydrogen-bond acceptors (Lipinski definition) is 5. The molecule has 1 saturated carbocycles. The third-order valence-corrected chi connectivity index (χ3v) is 5.43. The number of benzene rings is 1. The summed E-state index contributed by atoms with van der Waals surface area (Å²) >= 11 is 0. The molecule has 0 spiro atoms. The summed E-state index contributed by atoms with van der Waals surface area (Å²) in [5.41, 5.74) is 3.25. The Hall–Kier alpha value is -3.09. The second kappa shape index (κ2) is 5.97. The van der Waals surface area contributed by atoms with Crippen LogP contribution in [0.2, 0.25) is 0 Å². The molecule has 2 aliphatic rings. The van der Waals surface area contributed by atoms with E-state index in [0.717, 1.165) is 23.3 Å². The number of hydrogen-bond donors (Lipinski definition) is 0. The van der Waals surface area contributed by atoms with Crippen molar-refractivity contribution in [1.29, 1.82) is 0 Å². The number of rotatable bonds is 3. The summed E-state index contributed by atoms with van der Waals surface area (Å²) < 4.78 is 7.27. The van der Waals surface area contributed by atoms with E-state index in [9.17, 15) is 4.79 Å². The van der Waals surface area contributed by atoms with Crippen LogP contribution in [0, 0.1) is 0 Å². The number of fused-ring (bicyclic) bond motifs is 2. The predicted molar refractivity (Wildman–Crippen MR) is 104 cm³/mol. The molecular formula is C20H21N5O2. The summed E-state index contributed by atoms with van der Waals surface area (Å²) in [5.74, 6) is 0.438. The third kappa shape index (κ3) is 2.45. The molecule has 1 aromatic carbocycles. The predicted octanol–water partition coefficient (Wildman–Crippen LogP) is 2.61. The lowest BCUT2D eigenvalue weighted by molar-refractivity contribution is 0.0983. The van der Waals surface area contributed by atoms with Gasteiger partial charge in [-0.25, -0.2) is 4.98 Å². The summed E-state index contributed by atoms with van der Waals surface area (Å²) in [6, 6.07) is 8.75. The van der Waals surface area contributed by atoms with Crippen LogP contribution in [0.25, 0.3) is 11.0 Å². The topological polar surface area (TPSA) is 63.5 Å². The molecule has 5 rings (SSSR count). The molecule has 1 fully saturated rings. The van der Waals surface area contributed by atoms with E-state index in [4.69, 9.17) is 4.74 Å². The third-order valence-electron chi connectivity index (χ3n) is 5.43. The van der Waals surface area contributed by atoms with Crippen LogP contribution in [0.3, 0.4) is 0 Å². The van der Waals surface area contributed by atoms with Crippen molar-refractivity contribution in [1.82, 2.24) is 14.8 Å². The minimum absolute atomic E-state index is 0.0898. The fourth-order valence-corrected chi connectivity index (χ4v) is 3.95. The van der Waals surface area contributed by atoms with Gasteiger partial charge in [0.2, 0.25) is 0 Å². The Kier molecular flexibility index (Phi) is 3.56. The number of pyridine rings is 1. The fourth-order valence-electron chi connectivity index (χ4n) is 3.95. The van der Waals surface area contributed by atoms with Gasteiger partial charge in [-0.2, -0.15) is 5.10 Å². The summed E-state index contributed by atoms with van der Waals surface area (Å²) in [4.78, 5) is 22.2. The zero-order valence-corrected chi connectivity index (χ0v) is 15.4. The highest BCUT2D eigenvalue weighted by atomic mass is 16.5. The van der Waals surface area contributed by atoms with Gasteiger partial charge in [-0.3, -0.25) is 9.48 Å². The number of amides is 1. The normalized spacial score (nSPS) is 16.5. The molecule has 2 aromatic heterocycles.